The van der Waals surface area contributed by atoms with Crippen LogP contribution in [0.25, 0.3) is 0 Å². The van der Waals surface area contributed by atoms with Crippen molar-refractivity contribution in [1.29, 1.82) is 0 Å². The molecule has 0 spiro atoms. The Kier molecular flexibility index (Phi) is 6.92. The minimum atomic E-state index is -0.551. The second-order valence-electron chi connectivity index (χ2n) is 6.85. The Bertz CT molecular complexity index is 890. The molecule has 2 amide bonds. The topological polar surface area (TPSA) is 116 Å². The van der Waals surface area contributed by atoms with Crippen LogP contribution in [0.2, 0.25) is 0 Å². The van der Waals surface area contributed by atoms with E-state index in [4.69, 9.17) is 15.0 Å². The molecule has 2 N–H and O–H groups in total. The highest BCUT2D eigenvalue weighted by molar-refractivity contribution is 7.98. The zero-order valence-electron chi connectivity index (χ0n) is 16.1. The van der Waals surface area contributed by atoms with Crippen molar-refractivity contribution in [2.24, 2.45) is 11.7 Å². The fraction of sp³-hybridized carbons (Fsp3) is 0.400. The van der Waals surface area contributed by atoms with Gasteiger partial charge in [0.1, 0.15) is 5.76 Å². The molecule has 1 aliphatic rings. The summed E-state index contributed by atoms with van der Waals surface area (Å²) in [5, 5.41) is 3.94. The molecule has 1 saturated heterocycles. The van der Waals surface area contributed by atoms with Gasteiger partial charge in [0, 0.05) is 35.7 Å². The van der Waals surface area contributed by atoms with Crippen LogP contribution in [-0.2, 0) is 20.1 Å². The van der Waals surface area contributed by atoms with Gasteiger partial charge in [0.25, 0.3) is 5.91 Å². The van der Waals surface area contributed by atoms with Crippen LogP contribution in [0.4, 0.5) is 0 Å². The third-order valence-corrected chi connectivity index (χ3v) is 5.84. The Balaban J connectivity index is 1.53. The van der Waals surface area contributed by atoms with E-state index in [0.29, 0.717) is 37.2 Å². The largest absolute Gasteiger partial charge is 0.452 e. The Morgan fingerprint density at radius 3 is 2.66 bits per heavy atom. The second kappa shape index (κ2) is 9.60. The molecule has 9 heteroatoms. The van der Waals surface area contributed by atoms with Gasteiger partial charge < -0.3 is 19.9 Å². The number of aryl methyl sites for hydroxylation is 1. The second-order valence-corrected chi connectivity index (χ2v) is 7.86. The third kappa shape index (κ3) is 5.60. The minimum absolute atomic E-state index is 0.195. The van der Waals surface area contributed by atoms with Crippen molar-refractivity contribution in [2.75, 3.05) is 19.7 Å². The molecule has 0 aliphatic carbocycles. The summed E-state index contributed by atoms with van der Waals surface area (Å²) >= 11 is 1.44. The van der Waals surface area contributed by atoms with Gasteiger partial charge in [-0.3, -0.25) is 9.59 Å². The fourth-order valence-corrected chi connectivity index (χ4v) is 4.03. The highest BCUT2D eigenvalue weighted by atomic mass is 32.2. The summed E-state index contributed by atoms with van der Waals surface area (Å²) in [6.07, 6.45) is 1.08. The number of hydrogen-bond acceptors (Lipinski definition) is 7. The lowest BCUT2D eigenvalue weighted by atomic mass is 9.96. The lowest BCUT2D eigenvalue weighted by Gasteiger charge is -2.30. The number of rotatable bonds is 7. The van der Waals surface area contributed by atoms with E-state index in [1.165, 1.54) is 11.8 Å². The van der Waals surface area contributed by atoms with Crippen LogP contribution in [0.3, 0.4) is 0 Å². The number of benzene rings is 1. The van der Waals surface area contributed by atoms with Crippen molar-refractivity contribution >= 4 is 29.5 Å². The average Bonchev–Trinajstić information content (AvgIpc) is 3.15. The van der Waals surface area contributed by atoms with Gasteiger partial charge in [-0.15, -0.1) is 11.8 Å². The monoisotopic (exact) mass is 417 g/mol. The average molecular weight is 417 g/mol. The first-order valence-corrected chi connectivity index (χ1v) is 10.3. The number of hydrogen-bond donors (Lipinski definition) is 1. The van der Waals surface area contributed by atoms with Crippen LogP contribution >= 0.6 is 11.8 Å². The maximum Gasteiger partial charge on any atom is 0.339 e. The molecule has 1 fully saturated rings. The highest BCUT2D eigenvalue weighted by Crippen LogP contribution is 2.27. The molecule has 2 heterocycles. The first kappa shape index (κ1) is 20.9. The Labute approximate surface area is 172 Å². The van der Waals surface area contributed by atoms with E-state index < -0.39 is 5.97 Å². The quantitative estimate of drug-likeness (QED) is 0.542. The van der Waals surface area contributed by atoms with E-state index in [-0.39, 0.29) is 24.3 Å². The Morgan fingerprint density at radius 2 is 2.00 bits per heavy atom. The van der Waals surface area contributed by atoms with Crippen LogP contribution in [0, 0.1) is 12.8 Å². The number of nitrogens with zero attached hydrogens (tertiary/aromatic N) is 2. The van der Waals surface area contributed by atoms with Crippen molar-refractivity contribution in [3.63, 3.8) is 0 Å². The molecule has 0 unspecified atom stereocenters. The number of nitrogens with two attached hydrogens (primary N) is 1. The number of ether oxygens (including phenoxy) is 1. The summed E-state index contributed by atoms with van der Waals surface area (Å²) in [6.45, 7) is 2.36. The molecule has 1 aromatic carbocycles. The van der Waals surface area contributed by atoms with Crippen LogP contribution in [0.15, 0.2) is 39.8 Å². The molecular weight excluding hydrogens is 394 g/mol. The number of amides is 2. The molecule has 3 rings (SSSR count). The zero-order valence-corrected chi connectivity index (χ0v) is 16.9. The predicted octanol–water partition coefficient (Wildman–Crippen LogP) is 2.16. The third-order valence-electron chi connectivity index (χ3n) is 4.74. The fourth-order valence-electron chi connectivity index (χ4n) is 3.11. The first-order valence-electron chi connectivity index (χ1n) is 9.32. The minimum Gasteiger partial charge on any atom is -0.452 e. The SMILES string of the molecule is Cc1cc(CSc2ccccc2C(=O)OCC(=O)N2CCC(C(N)=O)CC2)no1. The highest BCUT2D eigenvalue weighted by Gasteiger charge is 2.26. The number of carbonyl (C=O) groups excluding carboxylic acids is 3. The van der Waals surface area contributed by atoms with E-state index in [1.54, 1.807) is 17.0 Å². The molecule has 29 heavy (non-hydrogen) atoms. The van der Waals surface area contributed by atoms with Gasteiger partial charge in [-0.25, -0.2) is 4.79 Å². The number of esters is 1. The van der Waals surface area contributed by atoms with Gasteiger partial charge in [0.05, 0.1) is 11.3 Å². The standard InChI is InChI=1S/C20H23N3O5S/c1-13-10-15(22-28-13)12-29-17-5-3-2-4-16(17)20(26)27-11-18(24)23-8-6-14(7-9-23)19(21)25/h2-5,10,14H,6-9,11-12H2,1H3,(H2,21,25). The molecule has 0 saturated carbocycles. The molecule has 0 radical (unpaired) electrons. The summed E-state index contributed by atoms with van der Waals surface area (Å²) in [5.41, 5.74) is 6.49. The van der Waals surface area contributed by atoms with E-state index in [9.17, 15) is 14.4 Å². The molecule has 1 aliphatic heterocycles. The number of thioether (sulfide) groups is 1. The van der Waals surface area contributed by atoms with E-state index >= 15 is 0 Å². The van der Waals surface area contributed by atoms with Crippen LogP contribution < -0.4 is 5.73 Å². The lowest BCUT2D eigenvalue weighted by Crippen LogP contribution is -2.43. The van der Waals surface area contributed by atoms with Crippen molar-refractivity contribution in [3.8, 4) is 0 Å². The summed E-state index contributed by atoms with van der Waals surface area (Å²) in [6, 6.07) is 8.92. The van der Waals surface area contributed by atoms with Crippen molar-refractivity contribution in [1.82, 2.24) is 10.1 Å². The molecule has 1 aromatic heterocycles. The van der Waals surface area contributed by atoms with Crippen molar-refractivity contribution in [2.45, 2.75) is 30.4 Å². The predicted molar refractivity (Wildman–Crippen MR) is 106 cm³/mol. The summed E-state index contributed by atoms with van der Waals surface area (Å²) in [7, 11) is 0. The molecule has 8 nitrogen and oxygen atoms in total. The number of carbonyl (C=O) groups is 3. The molecule has 0 atom stereocenters. The van der Waals surface area contributed by atoms with Crippen LogP contribution in [0.1, 0.15) is 34.7 Å². The van der Waals surface area contributed by atoms with Crippen molar-refractivity contribution in [3.05, 3.63) is 47.3 Å². The Morgan fingerprint density at radius 1 is 1.28 bits per heavy atom. The number of likely N-dealkylation sites (tertiary alicyclic amines) is 1. The van der Waals surface area contributed by atoms with Crippen LogP contribution in [-0.4, -0.2) is 47.5 Å². The lowest BCUT2D eigenvalue weighted by molar-refractivity contribution is -0.137. The normalized spacial score (nSPS) is 14.6. The van der Waals surface area contributed by atoms with Crippen LogP contribution in [0.5, 0.6) is 0 Å². The number of piperidine rings is 1. The van der Waals surface area contributed by atoms with Gasteiger partial charge in [0.2, 0.25) is 5.91 Å². The van der Waals surface area contributed by atoms with Gasteiger partial charge in [-0.1, -0.05) is 17.3 Å². The van der Waals surface area contributed by atoms with E-state index in [0.717, 1.165) is 16.3 Å². The van der Waals surface area contributed by atoms with Gasteiger partial charge in [0.15, 0.2) is 6.61 Å². The summed E-state index contributed by atoms with van der Waals surface area (Å²) in [4.78, 5) is 38.4. The molecule has 0 bridgehead atoms. The first-order chi connectivity index (χ1) is 13.9. The Hall–Kier alpha value is -2.81. The van der Waals surface area contributed by atoms with E-state index in [2.05, 4.69) is 5.16 Å². The smallest absolute Gasteiger partial charge is 0.339 e. The van der Waals surface area contributed by atoms with Crippen molar-refractivity contribution < 1.29 is 23.6 Å². The number of primary amides is 1. The van der Waals surface area contributed by atoms with Gasteiger partial charge in [-0.05, 0) is 31.9 Å². The molecule has 154 valence electrons. The van der Waals surface area contributed by atoms with Gasteiger partial charge in [-0.2, -0.15) is 0 Å². The van der Waals surface area contributed by atoms with Gasteiger partial charge >= 0.3 is 5.97 Å². The van der Waals surface area contributed by atoms with E-state index in [1.807, 2.05) is 25.1 Å². The maximum absolute atomic E-state index is 12.5. The maximum atomic E-state index is 12.5. The molecule has 2 aromatic rings. The summed E-state index contributed by atoms with van der Waals surface area (Å²) in [5.74, 6) is -0.0755. The zero-order chi connectivity index (χ0) is 20.8. The summed E-state index contributed by atoms with van der Waals surface area (Å²) < 4.78 is 10.3. The number of aromatic nitrogens is 1. The molecular formula is C20H23N3O5S.